The van der Waals surface area contributed by atoms with Crippen molar-refractivity contribution in [2.45, 2.75) is 26.4 Å². The minimum absolute atomic E-state index is 0.453. The third kappa shape index (κ3) is 2.87. The Hall–Kier alpha value is -2.40. The molecule has 0 spiro atoms. The second-order valence-corrected chi connectivity index (χ2v) is 4.88. The largest absolute Gasteiger partial charge is 0.436 e. The number of para-hydroxylation sites is 1. The summed E-state index contributed by atoms with van der Waals surface area (Å²) in [6, 6.07) is 9.81. The lowest BCUT2D eigenvalue weighted by Gasteiger charge is -2.08. The predicted octanol–water partition coefficient (Wildman–Crippen LogP) is 3.09. The number of fused-ring (bicyclic) bond motifs is 1. The van der Waals surface area contributed by atoms with E-state index in [1.54, 1.807) is 6.20 Å². The highest BCUT2D eigenvalue weighted by Gasteiger charge is 2.07. The summed E-state index contributed by atoms with van der Waals surface area (Å²) in [5.74, 6) is 1.24. The third-order valence-electron chi connectivity index (χ3n) is 3.28. The van der Waals surface area contributed by atoms with E-state index in [0.717, 1.165) is 29.4 Å². The molecule has 0 unspecified atom stereocenters. The van der Waals surface area contributed by atoms with Crippen molar-refractivity contribution in [3.8, 4) is 11.6 Å². The lowest BCUT2D eigenvalue weighted by Crippen LogP contribution is -1.99. The highest BCUT2D eigenvalue weighted by atomic mass is 16.5. The summed E-state index contributed by atoms with van der Waals surface area (Å²) < 4.78 is 7.67. The summed E-state index contributed by atoms with van der Waals surface area (Å²) in [7, 11) is 0. The van der Waals surface area contributed by atoms with Crippen molar-refractivity contribution in [1.29, 1.82) is 0 Å². The topological polar surface area (TPSA) is 66.0 Å². The van der Waals surface area contributed by atoms with Gasteiger partial charge in [0.25, 0.3) is 0 Å². The number of benzene rings is 1. The van der Waals surface area contributed by atoms with Crippen molar-refractivity contribution in [3.63, 3.8) is 0 Å². The van der Waals surface area contributed by atoms with Gasteiger partial charge in [-0.05, 0) is 18.1 Å². The Morgan fingerprint density at radius 1 is 1.29 bits per heavy atom. The van der Waals surface area contributed by atoms with Crippen molar-refractivity contribution >= 4 is 10.9 Å². The van der Waals surface area contributed by atoms with Gasteiger partial charge in [-0.15, -0.1) is 0 Å². The fourth-order valence-electron chi connectivity index (χ4n) is 2.31. The highest BCUT2D eigenvalue weighted by molar-refractivity contribution is 5.82. The van der Waals surface area contributed by atoms with Crippen LogP contribution in [0.2, 0.25) is 0 Å². The first kappa shape index (κ1) is 13.6. The maximum Gasteiger partial charge on any atom is 0.220 e. The second-order valence-electron chi connectivity index (χ2n) is 4.88. The van der Waals surface area contributed by atoms with E-state index < -0.39 is 0 Å². The van der Waals surface area contributed by atoms with E-state index in [0.29, 0.717) is 18.2 Å². The Morgan fingerprint density at radius 3 is 2.95 bits per heavy atom. The van der Waals surface area contributed by atoms with Crippen molar-refractivity contribution in [2.75, 3.05) is 0 Å². The molecule has 0 amide bonds. The summed E-state index contributed by atoms with van der Waals surface area (Å²) in [4.78, 5) is 4.52. The molecular formula is C16H18N4O. The van der Waals surface area contributed by atoms with Gasteiger partial charge in [0.05, 0.1) is 17.9 Å². The fraction of sp³-hybridized carbons (Fsp3) is 0.250. The van der Waals surface area contributed by atoms with Gasteiger partial charge in [0.15, 0.2) is 5.75 Å². The van der Waals surface area contributed by atoms with Gasteiger partial charge in [-0.25, -0.2) is 4.98 Å². The standard InChI is InChI=1S/C16H18N4O/c1-2-7-20-11-13(10-18-20)21-16-8-12(9-17)14-5-3-4-6-15(14)19-16/h3-6,8,10-11H,2,7,9,17H2,1H3. The zero-order valence-electron chi connectivity index (χ0n) is 12.0. The van der Waals surface area contributed by atoms with E-state index in [4.69, 9.17) is 10.5 Å². The minimum Gasteiger partial charge on any atom is -0.436 e. The minimum atomic E-state index is 0.453. The van der Waals surface area contributed by atoms with Crippen molar-refractivity contribution in [1.82, 2.24) is 14.8 Å². The number of nitrogens with zero attached hydrogens (tertiary/aromatic N) is 3. The van der Waals surface area contributed by atoms with Crippen LogP contribution >= 0.6 is 0 Å². The molecule has 0 radical (unpaired) electrons. The lowest BCUT2D eigenvalue weighted by atomic mass is 10.1. The van der Waals surface area contributed by atoms with E-state index in [-0.39, 0.29) is 0 Å². The lowest BCUT2D eigenvalue weighted by molar-refractivity contribution is 0.462. The van der Waals surface area contributed by atoms with Crippen LogP contribution in [-0.4, -0.2) is 14.8 Å². The number of rotatable bonds is 5. The predicted molar refractivity (Wildman–Crippen MR) is 82.2 cm³/mol. The molecule has 5 nitrogen and oxygen atoms in total. The van der Waals surface area contributed by atoms with E-state index in [2.05, 4.69) is 17.0 Å². The molecule has 0 aliphatic carbocycles. The quantitative estimate of drug-likeness (QED) is 0.781. The third-order valence-corrected chi connectivity index (χ3v) is 3.28. The van der Waals surface area contributed by atoms with Crippen molar-refractivity contribution < 1.29 is 4.74 Å². The molecule has 2 aromatic heterocycles. The Balaban J connectivity index is 1.92. The first-order valence-electron chi connectivity index (χ1n) is 7.09. The molecule has 108 valence electrons. The number of aromatic nitrogens is 3. The first-order valence-corrected chi connectivity index (χ1v) is 7.09. The normalized spacial score (nSPS) is 11.0. The zero-order chi connectivity index (χ0) is 14.7. The molecule has 21 heavy (non-hydrogen) atoms. The van der Waals surface area contributed by atoms with Gasteiger partial charge >= 0.3 is 0 Å². The monoisotopic (exact) mass is 282 g/mol. The van der Waals surface area contributed by atoms with Gasteiger partial charge in [-0.1, -0.05) is 25.1 Å². The summed E-state index contributed by atoms with van der Waals surface area (Å²) in [5.41, 5.74) is 7.73. The molecule has 0 bridgehead atoms. The number of ether oxygens (including phenoxy) is 1. The molecule has 2 N–H and O–H groups in total. The van der Waals surface area contributed by atoms with Crippen LogP contribution in [0.15, 0.2) is 42.7 Å². The van der Waals surface area contributed by atoms with Crippen LogP contribution < -0.4 is 10.5 Å². The molecule has 0 fully saturated rings. The Morgan fingerprint density at radius 2 is 2.14 bits per heavy atom. The molecule has 2 heterocycles. The Labute approximate surface area is 123 Å². The van der Waals surface area contributed by atoms with Crippen LogP contribution in [0.4, 0.5) is 0 Å². The van der Waals surface area contributed by atoms with Crippen molar-refractivity contribution in [2.24, 2.45) is 5.73 Å². The number of aryl methyl sites for hydroxylation is 1. The van der Waals surface area contributed by atoms with Crippen LogP contribution in [0, 0.1) is 0 Å². The Kier molecular flexibility index (Phi) is 3.83. The molecule has 0 saturated heterocycles. The Bertz CT molecular complexity index is 751. The maximum atomic E-state index is 5.82. The average Bonchev–Trinajstić information content (AvgIpc) is 2.94. The number of nitrogens with two attached hydrogens (primary N) is 1. The SMILES string of the molecule is CCCn1cc(Oc2cc(CN)c3ccccc3n2)cn1. The summed E-state index contributed by atoms with van der Waals surface area (Å²) >= 11 is 0. The van der Waals surface area contributed by atoms with Gasteiger partial charge in [0.1, 0.15) is 0 Å². The summed E-state index contributed by atoms with van der Waals surface area (Å²) in [6.07, 6.45) is 4.61. The van der Waals surface area contributed by atoms with E-state index in [1.165, 1.54) is 0 Å². The zero-order valence-corrected chi connectivity index (χ0v) is 12.0. The molecule has 0 saturated carbocycles. The summed E-state index contributed by atoms with van der Waals surface area (Å²) in [6.45, 7) is 3.44. The number of hydrogen-bond donors (Lipinski definition) is 1. The number of pyridine rings is 1. The smallest absolute Gasteiger partial charge is 0.220 e. The number of hydrogen-bond acceptors (Lipinski definition) is 4. The molecule has 0 atom stereocenters. The van der Waals surface area contributed by atoms with Gasteiger partial charge in [-0.3, -0.25) is 4.68 Å². The molecule has 1 aromatic carbocycles. The second kappa shape index (κ2) is 5.93. The van der Waals surface area contributed by atoms with E-state index in [9.17, 15) is 0 Å². The first-order chi connectivity index (χ1) is 10.3. The van der Waals surface area contributed by atoms with Gasteiger partial charge in [0, 0.05) is 24.5 Å². The average molecular weight is 282 g/mol. The molecule has 0 aliphatic heterocycles. The molecule has 5 heteroatoms. The van der Waals surface area contributed by atoms with Crippen LogP contribution in [0.1, 0.15) is 18.9 Å². The molecular weight excluding hydrogens is 264 g/mol. The van der Waals surface area contributed by atoms with Crippen LogP contribution in [0.3, 0.4) is 0 Å². The van der Waals surface area contributed by atoms with Crippen LogP contribution in [0.25, 0.3) is 10.9 Å². The van der Waals surface area contributed by atoms with Crippen molar-refractivity contribution in [3.05, 3.63) is 48.3 Å². The van der Waals surface area contributed by atoms with E-state index in [1.807, 2.05) is 41.2 Å². The molecule has 3 rings (SSSR count). The van der Waals surface area contributed by atoms with Gasteiger partial charge < -0.3 is 10.5 Å². The highest BCUT2D eigenvalue weighted by Crippen LogP contribution is 2.25. The fourth-order valence-corrected chi connectivity index (χ4v) is 2.31. The summed E-state index contributed by atoms with van der Waals surface area (Å²) in [5, 5.41) is 5.31. The molecule has 3 aromatic rings. The van der Waals surface area contributed by atoms with Crippen LogP contribution in [-0.2, 0) is 13.1 Å². The van der Waals surface area contributed by atoms with Crippen LogP contribution in [0.5, 0.6) is 11.6 Å². The molecule has 0 aliphatic rings. The van der Waals surface area contributed by atoms with Gasteiger partial charge in [0.2, 0.25) is 5.88 Å². The van der Waals surface area contributed by atoms with E-state index >= 15 is 0 Å². The van der Waals surface area contributed by atoms with Gasteiger partial charge in [-0.2, -0.15) is 5.10 Å². The maximum absolute atomic E-state index is 5.82.